The fourth-order valence-corrected chi connectivity index (χ4v) is 7.53. The van der Waals surface area contributed by atoms with Crippen LogP contribution >= 0.6 is 0 Å². The molecule has 0 heterocycles. The molecule has 3 aromatic rings. The lowest BCUT2D eigenvalue weighted by Gasteiger charge is -2.22. The molecular weight excluding hydrogens is 515 g/mol. The van der Waals surface area contributed by atoms with Gasteiger partial charge in [0.25, 0.3) is 0 Å². The molecule has 4 rings (SSSR count). The van der Waals surface area contributed by atoms with Crippen LogP contribution < -0.4 is 0 Å². The van der Waals surface area contributed by atoms with Gasteiger partial charge >= 0.3 is 0 Å². The lowest BCUT2D eigenvalue weighted by atomic mass is 9.84. The Morgan fingerprint density at radius 2 is 1.16 bits per heavy atom. The molecular formula is C32H43FO3S2. The smallest absolute Gasteiger partial charge is 0.166 e. The zero-order chi connectivity index (χ0) is 26.3. The molecule has 0 aromatic heterocycles. The molecule has 0 amide bonds. The van der Waals surface area contributed by atoms with Crippen LogP contribution in [0.1, 0.15) is 89.0 Å². The SMILES string of the molecule is CCCCCCCCS(=O)(=O)[O-].F.c1ccc([S+](c2ccccc2)c2ccc(C3CCCCC3)cc2)cc1. The van der Waals surface area contributed by atoms with Crippen LogP contribution in [0.5, 0.6) is 0 Å². The summed E-state index contributed by atoms with van der Waals surface area (Å²) >= 11 is 0. The minimum atomic E-state index is -3.97. The van der Waals surface area contributed by atoms with Gasteiger partial charge < -0.3 is 4.55 Å². The van der Waals surface area contributed by atoms with Crippen molar-refractivity contribution in [2.24, 2.45) is 0 Å². The average molecular weight is 559 g/mol. The van der Waals surface area contributed by atoms with Crippen LogP contribution in [-0.4, -0.2) is 18.7 Å². The molecule has 1 saturated carbocycles. The molecule has 0 N–H and O–H groups in total. The third-order valence-electron chi connectivity index (χ3n) is 6.90. The highest BCUT2D eigenvalue weighted by molar-refractivity contribution is 7.97. The van der Waals surface area contributed by atoms with Crippen molar-refractivity contribution < 1.29 is 17.7 Å². The first-order valence-corrected chi connectivity index (χ1v) is 16.7. The molecule has 0 bridgehead atoms. The van der Waals surface area contributed by atoms with E-state index in [0.717, 1.165) is 25.2 Å². The Labute approximate surface area is 232 Å². The zero-order valence-corrected chi connectivity index (χ0v) is 24.2. The van der Waals surface area contributed by atoms with Crippen molar-refractivity contribution >= 4 is 21.0 Å². The highest BCUT2D eigenvalue weighted by Crippen LogP contribution is 2.35. The number of rotatable bonds is 11. The van der Waals surface area contributed by atoms with Gasteiger partial charge in [-0.25, -0.2) is 8.42 Å². The normalized spacial score (nSPS) is 13.9. The van der Waals surface area contributed by atoms with Crippen molar-refractivity contribution in [1.82, 2.24) is 0 Å². The second-order valence-corrected chi connectivity index (χ2v) is 13.4. The number of halogens is 1. The summed E-state index contributed by atoms with van der Waals surface area (Å²) in [6, 6.07) is 31.3. The van der Waals surface area contributed by atoms with E-state index in [4.69, 9.17) is 0 Å². The van der Waals surface area contributed by atoms with E-state index in [1.165, 1.54) is 65.2 Å². The quantitative estimate of drug-likeness (QED) is 0.134. The first kappa shape index (κ1) is 32.1. The number of unbranched alkanes of at least 4 members (excludes halogenated alkanes) is 5. The van der Waals surface area contributed by atoms with Gasteiger partial charge in [0.05, 0.1) is 21.0 Å². The van der Waals surface area contributed by atoms with Gasteiger partial charge in [0.15, 0.2) is 14.7 Å². The predicted molar refractivity (Wildman–Crippen MR) is 158 cm³/mol. The summed E-state index contributed by atoms with van der Waals surface area (Å²) < 4.78 is 30.5. The van der Waals surface area contributed by atoms with Gasteiger partial charge in [-0.3, -0.25) is 4.70 Å². The average Bonchev–Trinajstić information content (AvgIpc) is 2.93. The van der Waals surface area contributed by atoms with Gasteiger partial charge in [-0.1, -0.05) is 107 Å². The van der Waals surface area contributed by atoms with E-state index < -0.39 is 10.1 Å². The van der Waals surface area contributed by atoms with E-state index in [-0.39, 0.29) is 21.4 Å². The van der Waals surface area contributed by atoms with E-state index in [2.05, 4.69) is 91.9 Å². The molecule has 0 aliphatic heterocycles. The Kier molecular flexibility index (Phi) is 14.7. The van der Waals surface area contributed by atoms with Gasteiger partial charge in [0.1, 0.15) is 0 Å². The maximum Gasteiger partial charge on any atom is 0.166 e. The summed E-state index contributed by atoms with van der Waals surface area (Å²) in [5, 5.41) is 0. The largest absolute Gasteiger partial charge is 0.748 e. The fraction of sp³-hybridized carbons (Fsp3) is 0.438. The molecule has 1 aliphatic rings. The van der Waals surface area contributed by atoms with Crippen molar-refractivity contribution in [3.05, 3.63) is 90.5 Å². The summed E-state index contributed by atoms with van der Waals surface area (Å²) in [5.74, 6) is 0.581. The third kappa shape index (κ3) is 11.3. The zero-order valence-electron chi connectivity index (χ0n) is 22.6. The van der Waals surface area contributed by atoms with E-state index >= 15 is 0 Å². The van der Waals surface area contributed by atoms with Crippen molar-refractivity contribution in [3.8, 4) is 0 Å². The van der Waals surface area contributed by atoms with Gasteiger partial charge in [-0.05, 0) is 67.1 Å². The minimum Gasteiger partial charge on any atom is -0.748 e. The Morgan fingerprint density at radius 1 is 0.684 bits per heavy atom. The topological polar surface area (TPSA) is 57.2 Å². The first-order chi connectivity index (χ1) is 18.0. The number of hydrogen-bond donors (Lipinski definition) is 0. The highest BCUT2D eigenvalue weighted by atomic mass is 32.2. The molecule has 3 aromatic carbocycles. The third-order valence-corrected chi connectivity index (χ3v) is 9.92. The second-order valence-electron chi connectivity index (χ2n) is 9.87. The van der Waals surface area contributed by atoms with Crippen LogP contribution in [0.4, 0.5) is 4.70 Å². The molecule has 3 nitrogen and oxygen atoms in total. The van der Waals surface area contributed by atoms with E-state index in [9.17, 15) is 13.0 Å². The summed E-state index contributed by atoms with van der Waals surface area (Å²) in [5.41, 5.74) is 1.54. The maximum atomic E-state index is 10.2. The van der Waals surface area contributed by atoms with Crippen LogP contribution in [0, 0.1) is 0 Å². The lowest BCUT2D eigenvalue weighted by molar-refractivity contribution is 0.443. The van der Waals surface area contributed by atoms with Crippen molar-refractivity contribution in [2.45, 2.75) is 98.2 Å². The summed E-state index contributed by atoms with van der Waals surface area (Å²) in [6.45, 7) is 2.13. The van der Waals surface area contributed by atoms with Crippen LogP contribution in [0.3, 0.4) is 0 Å². The van der Waals surface area contributed by atoms with Crippen molar-refractivity contribution in [2.75, 3.05) is 5.75 Å². The second kappa shape index (κ2) is 17.4. The van der Waals surface area contributed by atoms with Crippen LogP contribution in [0.15, 0.2) is 99.6 Å². The molecule has 0 atom stereocenters. The van der Waals surface area contributed by atoms with E-state index in [0.29, 0.717) is 6.42 Å². The minimum absolute atomic E-state index is 0. The first-order valence-electron chi connectivity index (χ1n) is 13.9. The Hall–Kier alpha value is -2.15. The summed E-state index contributed by atoms with van der Waals surface area (Å²) in [4.78, 5) is 4.19. The molecule has 0 saturated heterocycles. The van der Waals surface area contributed by atoms with Gasteiger partial charge in [-0.15, -0.1) is 0 Å². The molecule has 0 unspecified atom stereocenters. The Morgan fingerprint density at radius 3 is 1.66 bits per heavy atom. The van der Waals surface area contributed by atoms with Crippen LogP contribution in [0.25, 0.3) is 0 Å². The molecule has 6 heteroatoms. The van der Waals surface area contributed by atoms with E-state index in [1.807, 2.05) is 0 Å². The van der Waals surface area contributed by atoms with Gasteiger partial charge in [0, 0.05) is 5.75 Å². The van der Waals surface area contributed by atoms with Crippen molar-refractivity contribution in [1.29, 1.82) is 0 Å². The van der Waals surface area contributed by atoms with E-state index in [1.54, 1.807) is 0 Å². The molecule has 1 fully saturated rings. The number of benzene rings is 3. The lowest BCUT2D eigenvalue weighted by Crippen LogP contribution is -2.07. The van der Waals surface area contributed by atoms with Crippen LogP contribution in [-0.2, 0) is 21.0 Å². The Balaban J connectivity index is 0.000000335. The highest BCUT2D eigenvalue weighted by Gasteiger charge is 2.28. The fourth-order valence-electron chi connectivity index (χ4n) is 4.89. The van der Waals surface area contributed by atoms with Crippen LogP contribution in [0.2, 0.25) is 0 Å². The summed E-state index contributed by atoms with van der Waals surface area (Å²) in [6.07, 6.45) is 12.9. The maximum absolute atomic E-state index is 10.2. The molecule has 0 radical (unpaired) electrons. The number of hydrogen-bond acceptors (Lipinski definition) is 3. The Bertz CT molecular complexity index is 1070. The van der Waals surface area contributed by atoms with Gasteiger partial charge in [-0.2, -0.15) is 0 Å². The predicted octanol–water partition coefficient (Wildman–Crippen LogP) is 8.87. The standard InChI is InChI=1S/C24H25S.C8H18O3S.FH/c1-4-10-20(11-5-1)21-16-18-24(19-17-21)25(22-12-6-2-7-13-22)23-14-8-3-9-15-23;1-2-3-4-5-6-7-8-12(9,10)11;/h2-3,6-9,12-20H,1,4-5,10-11H2;2-8H2,1H3,(H,9,10,11);1H/q+1;;/p-1. The monoisotopic (exact) mass is 558 g/mol. The van der Waals surface area contributed by atoms with Crippen molar-refractivity contribution in [3.63, 3.8) is 0 Å². The molecule has 208 valence electrons. The molecule has 0 spiro atoms. The summed E-state index contributed by atoms with van der Waals surface area (Å²) in [7, 11) is -3.99. The molecule has 38 heavy (non-hydrogen) atoms. The van der Waals surface area contributed by atoms with Gasteiger partial charge in [0.2, 0.25) is 0 Å². The molecule has 1 aliphatic carbocycles.